The van der Waals surface area contributed by atoms with Crippen LogP contribution in [0.15, 0.2) is 18.2 Å². The first-order valence-corrected chi connectivity index (χ1v) is 10.6. The maximum absolute atomic E-state index is 11.9. The number of likely N-dealkylation sites (tertiary alicyclic amines) is 1. The van der Waals surface area contributed by atoms with E-state index in [9.17, 15) is 18.3 Å². The van der Waals surface area contributed by atoms with E-state index in [4.69, 9.17) is 4.74 Å². The molecule has 0 amide bonds. The van der Waals surface area contributed by atoms with Crippen molar-refractivity contribution >= 4 is 16.0 Å². The standard InChI is InChI=1S/C18H26N2O5S/c1-13-4-5-16(8-14(13)2)25-7-6-19-9-15-10-20(26(3,23)24)12-18(15,11-19)17(21)22/h4-5,8,15H,6-7,9-12H2,1-3H3,(H,21,22)/t15-,18-/m1/s1. The number of carboxylic acids is 1. The van der Waals surface area contributed by atoms with Crippen molar-refractivity contribution in [3.8, 4) is 5.75 Å². The zero-order valence-corrected chi connectivity index (χ0v) is 16.3. The molecule has 0 bridgehead atoms. The SMILES string of the molecule is Cc1ccc(OCCN2C[C@@H]3CN(S(C)(=O)=O)C[C@]3(C(=O)O)C2)cc1C. The first-order chi connectivity index (χ1) is 12.1. The number of carboxylic acid groups (broad SMARTS) is 1. The number of rotatable bonds is 6. The van der Waals surface area contributed by atoms with Gasteiger partial charge < -0.3 is 9.84 Å². The summed E-state index contributed by atoms with van der Waals surface area (Å²) in [6.07, 6.45) is 1.14. The third-order valence-corrected chi connectivity index (χ3v) is 6.91. The average Bonchev–Trinajstić information content (AvgIpc) is 3.05. The van der Waals surface area contributed by atoms with Gasteiger partial charge in [-0.05, 0) is 37.1 Å². The molecule has 3 rings (SSSR count). The summed E-state index contributed by atoms with van der Waals surface area (Å²) in [5.41, 5.74) is 1.37. The molecule has 1 N–H and O–H groups in total. The second-order valence-corrected chi connectivity index (χ2v) is 9.53. The molecule has 0 aliphatic carbocycles. The van der Waals surface area contributed by atoms with E-state index in [2.05, 4.69) is 4.90 Å². The fourth-order valence-corrected chi connectivity index (χ4v) is 4.86. The Morgan fingerprint density at radius 3 is 2.58 bits per heavy atom. The summed E-state index contributed by atoms with van der Waals surface area (Å²) in [5, 5.41) is 9.76. The van der Waals surface area contributed by atoms with Crippen LogP contribution in [-0.4, -0.2) is 74.3 Å². The zero-order chi connectivity index (χ0) is 19.1. The third-order valence-electron chi connectivity index (χ3n) is 5.70. The number of aliphatic carboxylic acids is 1. The van der Waals surface area contributed by atoms with Gasteiger partial charge in [-0.25, -0.2) is 12.7 Å². The maximum Gasteiger partial charge on any atom is 0.312 e. The Morgan fingerprint density at radius 2 is 2.00 bits per heavy atom. The summed E-state index contributed by atoms with van der Waals surface area (Å²) in [7, 11) is -3.37. The van der Waals surface area contributed by atoms with Crippen molar-refractivity contribution in [1.82, 2.24) is 9.21 Å². The number of benzene rings is 1. The van der Waals surface area contributed by atoms with E-state index in [0.29, 0.717) is 26.2 Å². The minimum Gasteiger partial charge on any atom is -0.492 e. The number of aryl methyl sites for hydroxylation is 2. The topological polar surface area (TPSA) is 87.2 Å². The highest BCUT2D eigenvalue weighted by atomic mass is 32.2. The van der Waals surface area contributed by atoms with Gasteiger partial charge in [-0.2, -0.15) is 0 Å². The lowest BCUT2D eigenvalue weighted by Crippen LogP contribution is -2.42. The molecule has 0 aromatic heterocycles. The van der Waals surface area contributed by atoms with Gasteiger partial charge in [0.2, 0.25) is 10.0 Å². The van der Waals surface area contributed by atoms with E-state index in [-0.39, 0.29) is 19.0 Å². The van der Waals surface area contributed by atoms with Crippen LogP contribution < -0.4 is 4.74 Å². The largest absolute Gasteiger partial charge is 0.492 e. The van der Waals surface area contributed by atoms with Crippen molar-refractivity contribution in [2.24, 2.45) is 11.3 Å². The highest BCUT2D eigenvalue weighted by molar-refractivity contribution is 7.88. The Labute approximate surface area is 154 Å². The van der Waals surface area contributed by atoms with Crippen LogP contribution in [0.25, 0.3) is 0 Å². The molecule has 0 unspecified atom stereocenters. The smallest absolute Gasteiger partial charge is 0.312 e. The average molecular weight is 382 g/mol. The van der Waals surface area contributed by atoms with Gasteiger partial charge in [-0.15, -0.1) is 0 Å². The molecule has 2 saturated heterocycles. The normalized spacial score (nSPS) is 26.8. The van der Waals surface area contributed by atoms with E-state index >= 15 is 0 Å². The van der Waals surface area contributed by atoms with E-state index in [1.54, 1.807) is 0 Å². The van der Waals surface area contributed by atoms with E-state index in [1.165, 1.54) is 15.4 Å². The van der Waals surface area contributed by atoms with Gasteiger partial charge >= 0.3 is 5.97 Å². The van der Waals surface area contributed by atoms with Gasteiger partial charge in [0.1, 0.15) is 12.4 Å². The zero-order valence-electron chi connectivity index (χ0n) is 15.4. The second kappa shape index (κ2) is 6.83. The number of hydrogen-bond donors (Lipinski definition) is 1. The number of ether oxygens (including phenoxy) is 1. The Hall–Kier alpha value is -1.64. The first-order valence-electron chi connectivity index (χ1n) is 8.73. The van der Waals surface area contributed by atoms with Crippen LogP contribution >= 0.6 is 0 Å². The molecule has 0 saturated carbocycles. The Morgan fingerprint density at radius 1 is 1.27 bits per heavy atom. The van der Waals surface area contributed by atoms with Crippen molar-refractivity contribution in [2.45, 2.75) is 13.8 Å². The van der Waals surface area contributed by atoms with Gasteiger partial charge in [0.15, 0.2) is 0 Å². The van der Waals surface area contributed by atoms with Gasteiger partial charge in [0, 0.05) is 38.6 Å². The van der Waals surface area contributed by atoms with Gasteiger partial charge in [0.25, 0.3) is 0 Å². The summed E-state index contributed by atoms with van der Waals surface area (Å²) in [5.74, 6) is -0.286. The molecule has 26 heavy (non-hydrogen) atoms. The molecule has 2 atom stereocenters. The lowest BCUT2D eigenvalue weighted by Gasteiger charge is -2.24. The summed E-state index contributed by atoms with van der Waals surface area (Å²) < 4.78 is 30.7. The second-order valence-electron chi connectivity index (χ2n) is 7.54. The lowest BCUT2D eigenvalue weighted by molar-refractivity contribution is -0.148. The number of sulfonamides is 1. The molecular weight excluding hydrogens is 356 g/mol. The number of carbonyl (C=O) groups is 1. The predicted molar refractivity (Wildman–Crippen MR) is 97.8 cm³/mol. The molecule has 2 heterocycles. The van der Waals surface area contributed by atoms with Gasteiger partial charge in [-0.1, -0.05) is 6.07 Å². The van der Waals surface area contributed by atoms with Crippen molar-refractivity contribution in [2.75, 3.05) is 45.6 Å². The van der Waals surface area contributed by atoms with Crippen LogP contribution in [0.1, 0.15) is 11.1 Å². The highest BCUT2D eigenvalue weighted by Gasteiger charge is 2.58. The molecule has 2 aliphatic heterocycles. The van der Waals surface area contributed by atoms with Crippen molar-refractivity contribution in [3.63, 3.8) is 0 Å². The summed E-state index contributed by atoms with van der Waals surface area (Å²) in [6.45, 7) is 6.45. The van der Waals surface area contributed by atoms with E-state index in [0.717, 1.165) is 12.0 Å². The quantitative estimate of drug-likeness (QED) is 0.789. The van der Waals surface area contributed by atoms with Crippen molar-refractivity contribution in [1.29, 1.82) is 0 Å². The molecular formula is C18H26N2O5S. The van der Waals surface area contributed by atoms with Gasteiger partial charge in [-0.3, -0.25) is 9.69 Å². The summed E-state index contributed by atoms with van der Waals surface area (Å²) in [4.78, 5) is 14.0. The number of nitrogens with zero attached hydrogens (tertiary/aromatic N) is 2. The van der Waals surface area contributed by atoms with Crippen LogP contribution in [0.2, 0.25) is 0 Å². The minimum absolute atomic E-state index is 0.0559. The number of fused-ring (bicyclic) bond motifs is 1. The van der Waals surface area contributed by atoms with Crippen LogP contribution in [-0.2, 0) is 14.8 Å². The molecule has 2 aliphatic rings. The van der Waals surface area contributed by atoms with Crippen LogP contribution in [0, 0.1) is 25.2 Å². The Bertz CT molecular complexity index is 810. The molecule has 0 radical (unpaired) electrons. The summed E-state index contributed by atoms with van der Waals surface area (Å²) >= 11 is 0. The monoisotopic (exact) mass is 382 g/mol. The lowest BCUT2D eigenvalue weighted by atomic mass is 9.81. The minimum atomic E-state index is -3.37. The fourth-order valence-electron chi connectivity index (χ4n) is 3.94. The molecule has 144 valence electrons. The Kier molecular flexibility index (Phi) is 5.02. The molecule has 1 aromatic rings. The van der Waals surface area contributed by atoms with Crippen LogP contribution in [0.3, 0.4) is 0 Å². The maximum atomic E-state index is 11.9. The molecule has 8 heteroatoms. The predicted octanol–water partition coefficient (Wildman–Crippen LogP) is 0.960. The van der Waals surface area contributed by atoms with Gasteiger partial charge in [0.05, 0.1) is 11.7 Å². The molecule has 2 fully saturated rings. The Balaban J connectivity index is 1.59. The van der Waals surface area contributed by atoms with Crippen molar-refractivity contribution < 1.29 is 23.1 Å². The van der Waals surface area contributed by atoms with Crippen LogP contribution in [0.5, 0.6) is 5.75 Å². The molecule has 1 aromatic carbocycles. The van der Waals surface area contributed by atoms with Crippen LogP contribution in [0.4, 0.5) is 0 Å². The fraction of sp³-hybridized carbons (Fsp3) is 0.611. The highest BCUT2D eigenvalue weighted by Crippen LogP contribution is 2.43. The molecule has 0 spiro atoms. The number of hydrogen-bond acceptors (Lipinski definition) is 5. The molecule has 7 nitrogen and oxygen atoms in total. The van der Waals surface area contributed by atoms with E-state index < -0.39 is 21.4 Å². The van der Waals surface area contributed by atoms with E-state index in [1.807, 2.05) is 32.0 Å². The summed E-state index contributed by atoms with van der Waals surface area (Å²) in [6, 6.07) is 5.95. The van der Waals surface area contributed by atoms with Crippen molar-refractivity contribution in [3.05, 3.63) is 29.3 Å². The third kappa shape index (κ3) is 3.58. The first kappa shape index (κ1) is 19.1.